The number of aliphatic carboxylic acids is 1. The van der Waals surface area contributed by atoms with Crippen LogP contribution in [0, 0.1) is 0 Å². The number of nitrogens with one attached hydrogen (secondary N) is 1. The van der Waals surface area contributed by atoms with Gasteiger partial charge in [0.2, 0.25) is 0 Å². The maximum Gasteiger partial charge on any atom is 0.408 e. The third kappa shape index (κ3) is 8.15. The van der Waals surface area contributed by atoms with Crippen LogP contribution in [0.1, 0.15) is 23.1 Å². The lowest BCUT2D eigenvalue weighted by Crippen LogP contribution is -2.48. The molecule has 0 aliphatic carbocycles. The van der Waals surface area contributed by atoms with Crippen molar-refractivity contribution in [3.8, 4) is 5.75 Å². The molecule has 34 heavy (non-hydrogen) atoms. The van der Waals surface area contributed by atoms with Crippen molar-refractivity contribution >= 4 is 23.8 Å². The molecule has 2 atom stereocenters. The van der Waals surface area contributed by atoms with Crippen LogP contribution in [0.15, 0.2) is 84.9 Å². The van der Waals surface area contributed by atoms with E-state index in [1.165, 1.54) is 11.8 Å². The third-order valence-electron chi connectivity index (χ3n) is 5.31. The highest BCUT2D eigenvalue weighted by atomic mass is 32.2. The van der Waals surface area contributed by atoms with E-state index >= 15 is 0 Å². The summed E-state index contributed by atoms with van der Waals surface area (Å²) in [6, 6.07) is 25.8. The molecule has 2 N–H and O–H groups in total. The van der Waals surface area contributed by atoms with E-state index in [2.05, 4.69) is 5.32 Å². The minimum Gasteiger partial charge on any atom is -0.497 e. The summed E-state index contributed by atoms with van der Waals surface area (Å²) in [6.45, 7) is 0.0761. The first kappa shape index (κ1) is 25.2. The molecule has 3 rings (SSSR count). The quantitative estimate of drug-likeness (QED) is 0.366. The molecule has 6 nitrogen and oxygen atoms in total. The van der Waals surface area contributed by atoms with E-state index in [0.29, 0.717) is 18.6 Å². The van der Waals surface area contributed by atoms with E-state index in [9.17, 15) is 14.7 Å². The maximum atomic E-state index is 12.4. The lowest BCUT2D eigenvalue weighted by molar-refractivity contribution is -0.139. The standard InChI is InChI=1S/C27H29NO5S/c1-32-23-15-12-22(13-16-23)19-34-24(17-14-20-8-4-2-5-9-20)25(26(29)30)28-27(31)33-18-21-10-6-3-7-11-21/h2-13,15-16,24-25H,14,17-19H2,1H3,(H,28,31)(H,29,30)/t24-,25-/m1/s1. The van der Waals surface area contributed by atoms with Crippen molar-refractivity contribution in [2.75, 3.05) is 7.11 Å². The summed E-state index contributed by atoms with van der Waals surface area (Å²) >= 11 is 1.51. The molecule has 0 saturated carbocycles. The normalized spacial score (nSPS) is 12.4. The molecule has 3 aromatic rings. The third-order valence-corrected chi connectivity index (χ3v) is 6.74. The number of ether oxygens (including phenoxy) is 2. The van der Waals surface area contributed by atoms with Crippen molar-refractivity contribution in [1.82, 2.24) is 5.32 Å². The fourth-order valence-electron chi connectivity index (χ4n) is 3.43. The van der Waals surface area contributed by atoms with Crippen LogP contribution in [-0.2, 0) is 28.3 Å². The van der Waals surface area contributed by atoms with Gasteiger partial charge in [-0.2, -0.15) is 11.8 Å². The van der Waals surface area contributed by atoms with E-state index in [0.717, 1.165) is 22.4 Å². The van der Waals surface area contributed by atoms with Crippen LogP contribution in [0.4, 0.5) is 4.79 Å². The van der Waals surface area contributed by atoms with Gasteiger partial charge in [0.05, 0.1) is 7.11 Å². The molecule has 7 heteroatoms. The monoisotopic (exact) mass is 479 g/mol. The predicted molar refractivity (Wildman–Crippen MR) is 134 cm³/mol. The first-order valence-electron chi connectivity index (χ1n) is 11.0. The Labute approximate surface area is 204 Å². The molecular formula is C27H29NO5S. The van der Waals surface area contributed by atoms with E-state index in [-0.39, 0.29) is 11.9 Å². The molecule has 0 aliphatic heterocycles. The second kappa shape index (κ2) is 13.3. The number of thioether (sulfide) groups is 1. The number of alkyl carbamates (subject to hydrolysis) is 1. The molecule has 0 bridgehead atoms. The summed E-state index contributed by atoms with van der Waals surface area (Å²) in [7, 11) is 1.61. The number of hydrogen-bond acceptors (Lipinski definition) is 5. The Balaban J connectivity index is 1.67. The van der Waals surface area contributed by atoms with Crippen LogP contribution < -0.4 is 10.1 Å². The number of carboxylic acid groups (broad SMARTS) is 1. The zero-order valence-electron chi connectivity index (χ0n) is 19.1. The number of rotatable bonds is 12. The molecule has 0 fully saturated rings. The molecule has 3 aromatic carbocycles. The molecule has 1 amide bonds. The Morgan fingerprint density at radius 2 is 1.50 bits per heavy atom. The molecule has 0 aliphatic rings. The highest BCUT2D eigenvalue weighted by Crippen LogP contribution is 2.26. The number of carboxylic acids is 1. The van der Waals surface area contributed by atoms with E-state index < -0.39 is 18.1 Å². The largest absolute Gasteiger partial charge is 0.497 e. The summed E-state index contributed by atoms with van der Waals surface area (Å²) in [5, 5.41) is 12.2. The second-order valence-corrected chi connectivity index (χ2v) is 8.97. The van der Waals surface area contributed by atoms with E-state index in [1.54, 1.807) is 7.11 Å². The SMILES string of the molecule is COc1ccc(CS[C@H](CCc2ccccc2)[C@@H](NC(=O)OCc2ccccc2)C(=O)O)cc1. The number of carbonyl (C=O) groups is 2. The summed E-state index contributed by atoms with van der Waals surface area (Å²) in [4.78, 5) is 24.6. The summed E-state index contributed by atoms with van der Waals surface area (Å²) in [6.07, 6.45) is 0.540. The van der Waals surface area contributed by atoms with Gasteiger partial charge in [0.15, 0.2) is 0 Å². The van der Waals surface area contributed by atoms with Crippen molar-refractivity contribution < 1.29 is 24.2 Å². The average molecular weight is 480 g/mol. The molecule has 0 spiro atoms. The lowest BCUT2D eigenvalue weighted by Gasteiger charge is -2.24. The predicted octanol–water partition coefficient (Wildman–Crippen LogP) is 5.31. The van der Waals surface area contributed by atoms with Gasteiger partial charge in [0, 0.05) is 11.0 Å². The fourth-order valence-corrected chi connectivity index (χ4v) is 4.69. The van der Waals surface area contributed by atoms with Gasteiger partial charge in [-0.25, -0.2) is 9.59 Å². The van der Waals surface area contributed by atoms with Crippen LogP contribution in [0.3, 0.4) is 0 Å². The topological polar surface area (TPSA) is 84.9 Å². The zero-order chi connectivity index (χ0) is 24.2. The highest BCUT2D eigenvalue weighted by molar-refractivity contribution is 7.99. The first-order chi connectivity index (χ1) is 16.5. The number of benzene rings is 3. The van der Waals surface area contributed by atoms with Gasteiger partial charge in [-0.05, 0) is 41.7 Å². The van der Waals surface area contributed by atoms with Gasteiger partial charge in [-0.1, -0.05) is 72.8 Å². The van der Waals surface area contributed by atoms with Gasteiger partial charge in [0.25, 0.3) is 0 Å². The Morgan fingerprint density at radius 1 is 0.882 bits per heavy atom. The van der Waals surface area contributed by atoms with Crippen LogP contribution in [0.25, 0.3) is 0 Å². The first-order valence-corrected chi connectivity index (χ1v) is 12.1. The van der Waals surface area contributed by atoms with Crippen LogP contribution >= 0.6 is 11.8 Å². The van der Waals surface area contributed by atoms with Gasteiger partial charge in [0.1, 0.15) is 18.4 Å². The Hall–Kier alpha value is -3.45. The van der Waals surface area contributed by atoms with Crippen molar-refractivity contribution in [1.29, 1.82) is 0 Å². The number of aryl methyl sites for hydroxylation is 1. The summed E-state index contributed by atoms with van der Waals surface area (Å²) in [5.41, 5.74) is 3.00. The summed E-state index contributed by atoms with van der Waals surface area (Å²) < 4.78 is 10.5. The van der Waals surface area contributed by atoms with Crippen molar-refractivity contribution in [2.24, 2.45) is 0 Å². The van der Waals surface area contributed by atoms with Crippen LogP contribution in [0.5, 0.6) is 5.75 Å². The molecule has 178 valence electrons. The molecule has 0 saturated heterocycles. The van der Waals surface area contributed by atoms with E-state index in [1.807, 2.05) is 84.9 Å². The van der Waals surface area contributed by atoms with Gasteiger partial charge >= 0.3 is 12.1 Å². The Kier molecular flexibility index (Phi) is 9.85. The fraction of sp³-hybridized carbons (Fsp3) is 0.259. The second-order valence-electron chi connectivity index (χ2n) is 7.74. The highest BCUT2D eigenvalue weighted by Gasteiger charge is 2.30. The van der Waals surface area contributed by atoms with Gasteiger partial charge in [-0.3, -0.25) is 0 Å². The number of methoxy groups -OCH3 is 1. The van der Waals surface area contributed by atoms with Crippen molar-refractivity contribution in [3.63, 3.8) is 0 Å². The number of carbonyl (C=O) groups excluding carboxylic acids is 1. The minimum atomic E-state index is -1.09. The number of amides is 1. The van der Waals surface area contributed by atoms with Crippen LogP contribution in [-0.4, -0.2) is 35.6 Å². The Morgan fingerprint density at radius 3 is 2.09 bits per heavy atom. The molecule has 0 aromatic heterocycles. The number of hydrogen-bond donors (Lipinski definition) is 2. The zero-order valence-corrected chi connectivity index (χ0v) is 19.9. The van der Waals surface area contributed by atoms with Gasteiger partial charge in [-0.15, -0.1) is 0 Å². The molecule has 0 radical (unpaired) electrons. The average Bonchev–Trinajstić information content (AvgIpc) is 2.88. The minimum absolute atomic E-state index is 0.0761. The molecule has 0 unspecified atom stereocenters. The smallest absolute Gasteiger partial charge is 0.408 e. The molecular weight excluding hydrogens is 450 g/mol. The van der Waals surface area contributed by atoms with Gasteiger partial charge < -0.3 is 19.9 Å². The Bertz CT molecular complexity index is 1030. The molecule has 0 heterocycles. The van der Waals surface area contributed by atoms with Crippen LogP contribution in [0.2, 0.25) is 0 Å². The van der Waals surface area contributed by atoms with Crippen molar-refractivity contribution in [3.05, 3.63) is 102 Å². The lowest BCUT2D eigenvalue weighted by atomic mass is 10.0. The maximum absolute atomic E-state index is 12.4. The van der Waals surface area contributed by atoms with E-state index in [4.69, 9.17) is 9.47 Å². The summed E-state index contributed by atoms with van der Waals surface area (Å²) in [5.74, 6) is 0.283. The van der Waals surface area contributed by atoms with Crippen molar-refractivity contribution in [2.45, 2.75) is 36.5 Å².